The van der Waals surface area contributed by atoms with Crippen LogP contribution >= 0.6 is 0 Å². The van der Waals surface area contributed by atoms with Crippen molar-refractivity contribution in [3.05, 3.63) is 29.8 Å². The smallest absolute Gasteiger partial charge is 0.338 e. The number of rotatable bonds is 5. The van der Waals surface area contributed by atoms with Crippen molar-refractivity contribution in [2.24, 2.45) is 5.92 Å². The number of anilines is 1. The molecule has 1 atom stereocenters. The maximum atomic E-state index is 12.0. The van der Waals surface area contributed by atoms with Crippen molar-refractivity contribution in [2.45, 2.75) is 19.8 Å². The van der Waals surface area contributed by atoms with E-state index in [4.69, 9.17) is 4.74 Å². The number of carbonyl (C=O) groups excluding carboxylic acids is 2. The maximum Gasteiger partial charge on any atom is 0.338 e. The van der Waals surface area contributed by atoms with Gasteiger partial charge in [-0.3, -0.25) is 4.79 Å². The first-order valence-electron chi connectivity index (χ1n) is 7.17. The highest BCUT2D eigenvalue weighted by molar-refractivity contribution is 7.91. The van der Waals surface area contributed by atoms with E-state index in [1.165, 1.54) is 0 Å². The second kappa shape index (κ2) is 6.91. The maximum absolute atomic E-state index is 12.0. The van der Waals surface area contributed by atoms with Gasteiger partial charge in [-0.15, -0.1) is 0 Å². The van der Waals surface area contributed by atoms with Crippen molar-refractivity contribution >= 4 is 27.4 Å². The first-order chi connectivity index (χ1) is 10.4. The molecule has 0 bridgehead atoms. The van der Waals surface area contributed by atoms with Crippen molar-refractivity contribution in [1.82, 2.24) is 0 Å². The van der Waals surface area contributed by atoms with Gasteiger partial charge in [0, 0.05) is 12.1 Å². The van der Waals surface area contributed by atoms with Gasteiger partial charge in [-0.2, -0.15) is 0 Å². The van der Waals surface area contributed by atoms with Gasteiger partial charge < -0.3 is 10.1 Å². The number of carbonyl (C=O) groups is 2. The Bertz CT molecular complexity index is 668. The van der Waals surface area contributed by atoms with Gasteiger partial charge in [-0.25, -0.2) is 13.2 Å². The molecule has 1 aromatic rings. The molecular formula is C15H19NO5S. The molecule has 0 spiro atoms. The molecule has 6 nitrogen and oxygen atoms in total. The number of nitrogens with one attached hydrogen (secondary N) is 1. The van der Waals surface area contributed by atoms with Crippen LogP contribution in [0.2, 0.25) is 0 Å². The first kappa shape index (κ1) is 16.5. The van der Waals surface area contributed by atoms with Crippen molar-refractivity contribution in [2.75, 3.05) is 23.4 Å². The van der Waals surface area contributed by atoms with E-state index in [9.17, 15) is 18.0 Å². The summed E-state index contributed by atoms with van der Waals surface area (Å²) in [6, 6.07) is 6.48. The number of benzene rings is 1. The summed E-state index contributed by atoms with van der Waals surface area (Å²) >= 11 is 0. The number of esters is 1. The summed E-state index contributed by atoms with van der Waals surface area (Å²) in [4.78, 5) is 23.6. The molecule has 22 heavy (non-hydrogen) atoms. The minimum atomic E-state index is -2.98. The van der Waals surface area contributed by atoms with Crippen LogP contribution in [0.15, 0.2) is 24.3 Å². The average Bonchev–Trinajstić information content (AvgIpc) is 2.78. The molecule has 0 radical (unpaired) electrons. The quantitative estimate of drug-likeness (QED) is 0.831. The highest BCUT2D eigenvalue weighted by Gasteiger charge is 2.29. The van der Waals surface area contributed by atoms with E-state index in [2.05, 4.69) is 5.32 Å². The molecule has 1 aliphatic rings. The highest BCUT2D eigenvalue weighted by Crippen LogP contribution is 2.22. The van der Waals surface area contributed by atoms with Gasteiger partial charge in [0.2, 0.25) is 5.91 Å². The van der Waals surface area contributed by atoms with E-state index in [1.807, 2.05) is 0 Å². The molecule has 0 saturated carbocycles. The summed E-state index contributed by atoms with van der Waals surface area (Å²) in [6.45, 7) is 2.00. The predicted octanol–water partition coefficient (Wildman–Crippen LogP) is 1.63. The van der Waals surface area contributed by atoms with E-state index in [0.717, 1.165) is 0 Å². The summed E-state index contributed by atoms with van der Waals surface area (Å²) in [5.41, 5.74) is 0.861. The fourth-order valence-electron chi connectivity index (χ4n) is 2.45. The zero-order valence-electron chi connectivity index (χ0n) is 12.4. The highest BCUT2D eigenvalue weighted by atomic mass is 32.2. The molecule has 120 valence electrons. The van der Waals surface area contributed by atoms with E-state index < -0.39 is 15.8 Å². The zero-order valence-corrected chi connectivity index (χ0v) is 13.2. The van der Waals surface area contributed by atoms with Crippen LogP contribution in [0.25, 0.3) is 0 Å². The number of ether oxygens (including phenoxy) is 1. The van der Waals surface area contributed by atoms with Crippen molar-refractivity contribution < 1.29 is 22.7 Å². The molecule has 1 aliphatic heterocycles. The lowest BCUT2D eigenvalue weighted by Crippen LogP contribution is -2.17. The average molecular weight is 325 g/mol. The Balaban J connectivity index is 1.94. The second-order valence-corrected chi connectivity index (χ2v) is 7.55. The van der Waals surface area contributed by atoms with Crippen LogP contribution < -0.4 is 5.32 Å². The van der Waals surface area contributed by atoms with E-state index >= 15 is 0 Å². The summed E-state index contributed by atoms with van der Waals surface area (Å²) in [7, 11) is -2.98. The number of sulfone groups is 1. The Hall–Kier alpha value is -1.89. The van der Waals surface area contributed by atoms with Crippen LogP contribution in [0, 0.1) is 5.92 Å². The van der Waals surface area contributed by atoms with Gasteiger partial charge in [-0.1, -0.05) is 6.07 Å². The molecule has 1 N–H and O–H groups in total. The third-order valence-electron chi connectivity index (χ3n) is 3.46. The molecular weight excluding hydrogens is 306 g/mol. The third kappa shape index (κ3) is 4.56. The predicted molar refractivity (Wildman–Crippen MR) is 82.4 cm³/mol. The van der Waals surface area contributed by atoms with Gasteiger partial charge in [0.1, 0.15) is 0 Å². The molecule has 7 heteroatoms. The lowest BCUT2D eigenvalue weighted by atomic mass is 10.0. The minimum absolute atomic E-state index is 0.0727. The third-order valence-corrected chi connectivity index (χ3v) is 5.30. The molecule has 2 rings (SSSR count). The lowest BCUT2D eigenvalue weighted by molar-refractivity contribution is -0.116. The molecule has 1 saturated heterocycles. The minimum Gasteiger partial charge on any atom is -0.462 e. The largest absolute Gasteiger partial charge is 0.462 e. The molecule has 1 aromatic carbocycles. The topological polar surface area (TPSA) is 89.5 Å². The standard InChI is InChI=1S/C15H19NO5S/c1-2-21-15(18)12-4-3-5-13(9-12)16-14(17)8-11-6-7-22(19,20)10-11/h3-5,9,11H,2,6-8,10H2,1H3,(H,16,17)/t11-/m1/s1. The van der Waals surface area contributed by atoms with Crippen molar-refractivity contribution in [3.63, 3.8) is 0 Å². The summed E-state index contributed by atoms with van der Waals surface area (Å²) in [5, 5.41) is 2.69. The second-order valence-electron chi connectivity index (χ2n) is 5.32. The Morgan fingerprint density at radius 3 is 2.77 bits per heavy atom. The van der Waals surface area contributed by atoms with Crippen molar-refractivity contribution in [3.8, 4) is 0 Å². The molecule has 1 fully saturated rings. The van der Waals surface area contributed by atoms with Gasteiger partial charge in [0.15, 0.2) is 9.84 Å². The molecule has 1 amide bonds. The fraction of sp³-hybridized carbons (Fsp3) is 0.467. The van der Waals surface area contributed by atoms with Crippen LogP contribution in [0.4, 0.5) is 5.69 Å². The Morgan fingerprint density at radius 2 is 2.14 bits per heavy atom. The lowest BCUT2D eigenvalue weighted by Gasteiger charge is -2.09. The van der Waals surface area contributed by atoms with Crippen LogP contribution in [-0.4, -0.2) is 38.4 Å². The van der Waals surface area contributed by atoms with Gasteiger partial charge in [0.05, 0.1) is 23.7 Å². The summed E-state index contributed by atoms with van der Waals surface area (Å²) in [6.07, 6.45) is 0.696. The summed E-state index contributed by atoms with van der Waals surface area (Å²) in [5.74, 6) is -0.589. The Morgan fingerprint density at radius 1 is 1.36 bits per heavy atom. The van der Waals surface area contributed by atoms with Gasteiger partial charge in [-0.05, 0) is 37.5 Å². The van der Waals surface area contributed by atoms with Crippen molar-refractivity contribution in [1.29, 1.82) is 0 Å². The SMILES string of the molecule is CCOC(=O)c1cccc(NC(=O)C[C@H]2CCS(=O)(=O)C2)c1. The van der Waals surface area contributed by atoms with E-state index in [0.29, 0.717) is 17.7 Å². The van der Waals surface area contributed by atoms with Crippen LogP contribution in [0.3, 0.4) is 0 Å². The summed E-state index contributed by atoms with van der Waals surface area (Å²) < 4.78 is 27.7. The number of amides is 1. The van der Waals surface area contributed by atoms with Crippen LogP contribution in [-0.2, 0) is 19.4 Å². The van der Waals surface area contributed by atoms with E-state index in [1.54, 1.807) is 31.2 Å². The normalized spacial score (nSPS) is 19.6. The van der Waals surface area contributed by atoms with Crippen LogP contribution in [0.5, 0.6) is 0 Å². The molecule has 0 aliphatic carbocycles. The Kier molecular flexibility index (Phi) is 5.18. The fourth-order valence-corrected chi connectivity index (χ4v) is 4.31. The molecule has 0 aromatic heterocycles. The van der Waals surface area contributed by atoms with E-state index in [-0.39, 0.29) is 36.4 Å². The van der Waals surface area contributed by atoms with Gasteiger partial charge >= 0.3 is 5.97 Å². The molecule has 0 unspecified atom stereocenters. The number of hydrogen-bond acceptors (Lipinski definition) is 5. The Labute approximate surface area is 129 Å². The number of hydrogen-bond donors (Lipinski definition) is 1. The molecule has 1 heterocycles. The van der Waals surface area contributed by atoms with Crippen LogP contribution in [0.1, 0.15) is 30.1 Å². The zero-order chi connectivity index (χ0) is 16.2. The van der Waals surface area contributed by atoms with Gasteiger partial charge in [0.25, 0.3) is 0 Å². The first-order valence-corrected chi connectivity index (χ1v) is 8.99. The monoisotopic (exact) mass is 325 g/mol.